The third-order valence-electron chi connectivity index (χ3n) is 3.78. The number of benzene rings is 1. The molecule has 0 saturated heterocycles. The van der Waals surface area contributed by atoms with Gasteiger partial charge in [-0.2, -0.15) is 0 Å². The Bertz CT molecular complexity index is 685. The van der Waals surface area contributed by atoms with E-state index in [9.17, 15) is 14.4 Å². The number of nitrogens with one attached hydrogen (secondary N) is 2. The molecule has 1 aromatic carbocycles. The number of urea groups is 1. The van der Waals surface area contributed by atoms with Crippen LogP contribution < -0.4 is 16.4 Å². The number of unbranched alkanes of at least 4 members (excludes halogenated alkanes) is 1. The number of hydrogen-bond acceptors (Lipinski definition) is 5. The maximum Gasteiger partial charge on any atom is 0.326 e. The van der Waals surface area contributed by atoms with Crippen molar-refractivity contribution in [3.8, 4) is 0 Å². The number of guanidine groups is 1. The second-order valence-electron chi connectivity index (χ2n) is 6.19. The van der Waals surface area contributed by atoms with Crippen molar-refractivity contribution >= 4 is 29.6 Å². The van der Waals surface area contributed by atoms with Crippen LogP contribution in [-0.2, 0) is 27.3 Å². The van der Waals surface area contributed by atoms with Crippen LogP contribution in [0, 0.1) is 0 Å². The quantitative estimate of drug-likeness (QED) is 0.167. The summed E-state index contributed by atoms with van der Waals surface area (Å²) in [6, 6.07) is 5.58. The first-order valence-electron chi connectivity index (χ1n) is 9.82. The Balaban J connectivity index is 0.000000890. The van der Waals surface area contributed by atoms with Gasteiger partial charge in [-0.25, -0.2) is 4.79 Å². The molecule has 6 N–H and O–H groups in total. The minimum Gasteiger partial charge on any atom is -0.481 e. The molecule has 0 unspecified atom stereocenters. The van der Waals surface area contributed by atoms with Gasteiger partial charge in [-0.1, -0.05) is 45.4 Å². The van der Waals surface area contributed by atoms with Gasteiger partial charge in [0, 0.05) is 5.69 Å². The summed E-state index contributed by atoms with van der Waals surface area (Å²) in [5, 5.41) is 24.8. The summed E-state index contributed by atoms with van der Waals surface area (Å²) in [5.41, 5.74) is 8.62. The van der Waals surface area contributed by atoms with Gasteiger partial charge in [0.2, 0.25) is 5.96 Å². The van der Waals surface area contributed by atoms with Crippen molar-refractivity contribution in [2.75, 3.05) is 11.9 Å². The molecule has 10 nitrogen and oxygen atoms in total. The number of rotatable bonds is 10. The smallest absolute Gasteiger partial charge is 0.326 e. The predicted molar refractivity (Wildman–Crippen MR) is 114 cm³/mol. The average Bonchev–Trinajstić information content (AvgIpc) is 2.70. The van der Waals surface area contributed by atoms with E-state index in [0.29, 0.717) is 6.61 Å². The SMILES string of the molecule is CCCCON=C(N)NC(=O)Nc1c(CC)cccc1CC.O=C(O)CCC(=O)O. The van der Waals surface area contributed by atoms with Crippen LogP contribution in [0.15, 0.2) is 23.4 Å². The van der Waals surface area contributed by atoms with Crippen LogP contribution in [0.2, 0.25) is 0 Å². The molecule has 0 spiro atoms. The first-order valence-corrected chi connectivity index (χ1v) is 9.82. The van der Waals surface area contributed by atoms with E-state index < -0.39 is 18.0 Å². The molecule has 1 aromatic rings. The van der Waals surface area contributed by atoms with E-state index in [0.717, 1.165) is 42.5 Å². The van der Waals surface area contributed by atoms with Crippen molar-refractivity contribution < 1.29 is 29.4 Å². The molecule has 168 valence electrons. The predicted octanol–water partition coefficient (Wildman–Crippen LogP) is 2.92. The van der Waals surface area contributed by atoms with E-state index in [2.05, 4.69) is 36.6 Å². The highest BCUT2D eigenvalue weighted by atomic mass is 16.6. The van der Waals surface area contributed by atoms with Gasteiger partial charge in [-0.3, -0.25) is 14.9 Å². The third kappa shape index (κ3) is 12.2. The number of aliphatic carboxylic acids is 2. The summed E-state index contributed by atoms with van der Waals surface area (Å²) in [7, 11) is 0. The molecule has 0 saturated carbocycles. The number of aryl methyl sites for hydroxylation is 2. The molecule has 0 radical (unpaired) electrons. The second-order valence-corrected chi connectivity index (χ2v) is 6.19. The van der Waals surface area contributed by atoms with Gasteiger partial charge in [-0.15, -0.1) is 0 Å². The topological polar surface area (TPSA) is 163 Å². The van der Waals surface area contributed by atoms with Gasteiger partial charge in [0.25, 0.3) is 0 Å². The highest BCUT2D eigenvalue weighted by Gasteiger charge is 2.10. The summed E-state index contributed by atoms with van der Waals surface area (Å²) in [5.74, 6) is -2.21. The number of carboxylic acids is 2. The monoisotopic (exact) mass is 424 g/mol. The molecule has 1 rings (SSSR count). The Kier molecular flexibility index (Phi) is 13.9. The molecular weight excluding hydrogens is 392 g/mol. The number of amides is 2. The zero-order valence-corrected chi connectivity index (χ0v) is 17.7. The molecule has 30 heavy (non-hydrogen) atoms. The highest BCUT2D eigenvalue weighted by Crippen LogP contribution is 2.22. The van der Waals surface area contributed by atoms with Crippen LogP contribution in [0.25, 0.3) is 0 Å². The van der Waals surface area contributed by atoms with Gasteiger partial charge in [-0.05, 0) is 35.5 Å². The van der Waals surface area contributed by atoms with Gasteiger partial charge in [0.15, 0.2) is 0 Å². The first kappa shape index (κ1) is 26.7. The molecule has 0 aliphatic rings. The number of carbonyl (C=O) groups is 3. The van der Waals surface area contributed by atoms with Gasteiger partial charge >= 0.3 is 18.0 Å². The standard InChI is InChI=1S/C16H26N4O2.C4H6O4/c1-4-7-11-22-20-15(17)19-16(21)18-14-12(5-2)9-8-10-13(14)6-3;5-3(6)1-2-4(7)8/h8-10H,4-7,11H2,1-3H3,(H4,17,18,19,20,21);1-2H2,(H,5,6)(H,7,8). The van der Waals surface area contributed by atoms with Gasteiger partial charge < -0.3 is 26.1 Å². The summed E-state index contributed by atoms with van der Waals surface area (Å²) in [6.45, 7) is 6.64. The van der Waals surface area contributed by atoms with E-state index in [1.807, 2.05) is 18.2 Å². The summed E-state index contributed by atoms with van der Waals surface area (Å²) < 4.78 is 0. The lowest BCUT2D eigenvalue weighted by atomic mass is 10.0. The van der Waals surface area contributed by atoms with Crippen LogP contribution in [-0.4, -0.2) is 40.7 Å². The zero-order chi connectivity index (χ0) is 22.9. The Morgan fingerprint density at radius 3 is 2.00 bits per heavy atom. The fourth-order valence-electron chi connectivity index (χ4n) is 2.22. The largest absolute Gasteiger partial charge is 0.481 e. The van der Waals surface area contributed by atoms with E-state index in [4.69, 9.17) is 20.8 Å². The number of para-hydroxylation sites is 1. The number of nitrogens with two attached hydrogens (primary N) is 1. The molecule has 0 aliphatic carbocycles. The maximum absolute atomic E-state index is 12.0. The molecule has 0 aromatic heterocycles. The maximum atomic E-state index is 12.0. The van der Waals surface area contributed by atoms with Crippen LogP contribution >= 0.6 is 0 Å². The Hall–Kier alpha value is -3.30. The van der Waals surface area contributed by atoms with Crippen molar-refractivity contribution in [2.24, 2.45) is 10.9 Å². The normalized spacial score (nSPS) is 10.4. The second kappa shape index (κ2) is 15.6. The number of anilines is 1. The fourth-order valence-corrected chi connectivity index (χ4v) is 2.22. The highest BCUT2D eigenvalue weighted by molar-refractivity contribution is 6.02. The molecule has 0 heterocycles. The third-order valence-corrected chi connectivity index (χ3v) is 3.78. The first-order chi connectivity index (χ1) is 14.2. The molecule has 0 aliphatic heterocycles. The van der Waals surface area contributed by atoms with Crippen molar-refractivity contribution in [3.63, 3.8) is 0 Å². The Morgan fingerprint density at radius 1 is 1.03 bits per heavy atom. The van der Waals surface area contributed by atoms with E-state index in [-0.39, 0.29) is 18.8 Å². The molecule has 0 bridgehead atoms. The molecule has 0 atom stereocenters. The minimum atomic E-state index is -1.08. The van der Waals surface area contributed by atoms with Crippen LogP contribution in [0.1, 0.15) is 57.6 Å². The number of hydrogen-bond donors (Lipinski definition) is 5. The van der Waals surface area contributed by atoms with Crippen LogP contribution in [0.4, 0.5) is 10.5 Å². The van der Waals surface area contributed by atoms with Crippen LogP contribution in [0.5, 0.6) is 0 Å². The lowest BCUT2D eigenvalue weighted by Crippen LogP contribution is -2.40. The lowest BCUT2D eigenvalue weighted by molar-refractivity contribution is -0.143. The zero-order valence-electron chi connectivity index (χ0n) is 17.7. The van der Waals surface area contributed by atoms with E-state index in [1.54, 1.807) is 0 Å². The van der Waals surface area contributed by atoms with Crippen molar-refractivity contribution in [1.82, 2.24) is 5.32 Å². The number of oxime groups is 1. The molecule has 10 heteroatoms. The lowest BCUT2D eigenvalue weighted by Gasteiger charge is -2.14. The van der Waals surface area contributed by atoms with Crippen molar-refractivity contribution in [1.29, 1.82) is 0 Å². The Morgan fingerprint density at radius 2 is 1.57 bits per heavy atom. The summed E-state index contributed by atoms with van der Waals surface area (Å²) in [6.07, 6.45) is 2.99. The van der Waals surface area contributed by atoms with Crippen molar-refractivity contribution in [3.05, 3.63) is 29.3 Å². The number of nitrogens with zero attached hydrogens (tertiary/aromatic N) is 1. The molecular formula is C20H32N4O6. The van der Waals surface area contributed by atoms with E-state index >= 15 is 0 Å². The van der Waals surface area contributed by atoms with Gasteiger partial charge in [0.1, 0.15) is 6.61 Å². The van der Waals surface area contributed by atoms with Crippen LogP contribution in [0.3, 0.4) is 0 Å². The fraction of sp³-hybridized carbons (Fsp3) is 0.500. The van der Waals surface area contributed by atoms with E-state index in [1.165, 1.54) is 0 Å². The Labute approximate surface area is 176 Å². The van der Waals surface area contributed by atoms with Gasteiger partial charge in [0.05, 0.1) is 12.8 Å². The molecule has 2 amide bonds. The summed E-state index contributed by atoms with van der Waals surface area (Å²) >= 11 is 0. The minimum absolute atomic E-state index is 0.0550. The average molecular weight is 424 g/mol. The number of carboxylic acid groups (broad SMARTS) is 2. The molecule has 0 fully saturated rings. The summed E-state index contributed by atoms with van der Waals surface area (Å²) in [4.78, 5) is 36.3. The number of carbonyl (C=O) groups excluding carboxylic acids is 1. The van der Waals surface area contributed by atoms with Crippen molar-refractivity contribution in [2.45, 2.75) is 59.3 Å².